The van der Waals surface area contributed by atoms with E-state index in [1.165, 1.54) is 12.8 Å². The molecule has 1 aliphatic carbocycles. The molecule has 3 unspecified atom stereocenters. The summed E-state index contributed by atoms with van der Waals surface area (Å²) in [4.78, 5) is 14.1. The Morgan fingerprint density at radius 3 is 2.90 bits per heavy atom. The zero-order chi connectivity index (χ0) is 15.3. The Balaban J connectivity index is 1.78. The topological polar surface area (TPSA) is 81.6 Å². The van der Waals surface area contributed by atoms with Gasteiger partial charge in [0.1, 0.15) is 0 Å². The van der Waals surface area contributed by atoms with Crippen molar-refractivity contribution < 1.29 is 9.53 Å². The highest BCUT2D eigenvalue weighted by molar-refractivity contribution is 5.85. The SMILES string of the molecule is CCCOC1CCCN(CCC2CCCC2(N)C(N)=O)C1. The second kappa shape index (κ2) is 7.56. The lowest BCUT2D eigenvalue weighted by Gasteiger charge is -2.35. The lowest BCUT2D eigenvalue weighted by atomic mass is 9.84. The Hall–Kier alpha value is -0.650. The van der Waals surface area contributed by atoms with Crippen LogP contribution in [0.5, 0.6) is 0 Å². The third-order valence-corrected chi connectivity index (χ3v) is 5.14. The minimum absolute atomic E-state index is 0.243. The summed E-state index contributed by atoms with van der Waals surface area (Å²) in [5.41, 5.74) is 11.0. The fraction of sp³-hybridized carbons (Fsp3) is 0.938. The Kier molecular flexibility index (Phi) is 6.02. The third kappa shape index (κ3) is 4.18. The molecule has 0 aromatic carbocycles. The molecule has 0 aromatic rings. The summed E-state index contributed by atoms with van der Waals surface area (Å²) >= 11 is 0. The van der Waals surface area contributed by atoms with Crippen LogP contribution in [0, 0.1) is 5.92 Å². The minimum Gasteiger partial charge on any atom is -0.377 e. The van der Waals surface area contributed by atoms with Gasteiger partial charge in [0.15, 0.2) is 0 Å². The molecule has 1 aliphatic heterocycles. The number of hydrogen-bond donors (Lipinski definition) is 2. The van der Waals surface area contributed by atoms with Gasteiger partial charge in [-0.05, 0) is 57.5 Å². The Bertz CT molecular complexity index is 350. The smallest absolute Gasteiger partial charge is 0.237 e. The largest absolute Gasteiger partial charge is 0.377 e. The highest BCUT2D eigenvalue weighted by Gasteiger charge is 2.44. The van der Waals surface area contributed by atoms with Crippen LogP contribution in [0.1, 0.15) is 51.9 Å². The van der Waals surface area contributed by atoms with Gasteiger partial charge in [0.2, 0.25) is 5.91 Å². The van der Waals surface area contributed by atoms with Gasteiger partial charge in [0.25, 0.3) is 0 Å². The van der Waals surface area contributed by atoms with Crippen molar-refractivity contribution in [1.29, 1.82) is 0 Å². The second-order valence-electron chi connectivity index (χ2n) is 6.72. The van der Waals surface area contributed by atoms with E-state index in [1.54, 1.807) is 0 Å². The summed E-state index contributed by atoms with van der Waals surface area (Å²) in [5, 5.41) is 0. The second-order valence-corrected chi connectivity index (χ2v) is 6.72. The molecule has 4 N–H and O–H groups in total. The highest BCUT2D eigenvalue weighted by atomic mass is 16.5. The maximum atomic E-state index is 11.6. The van der Waals surface area contributed by atoms with Gasteiger partial charge in [-0.15, -0.1) is 0 Å². The fourth-order valence-electron chi connectivity index (χ4n) is 3.80. The zero-order valence-electron chi connectivity index (χ0n) is 13.4. The predicted molar refractivity (Wildman–Crippen MR) is 83.8 cm³/mol. The summed E-state index contributed by atoms with van der Waals surface area (Å²) in [5.74, 6) is -0.0836. The summed E-state index contributed by atoms with van der Waals surface area (Å²) in [6.45, 7) is 6.15. The van der Waals surface area contributed by atoms with Crippen LogP contribution < -0.4 is 11.5 Å². The molecule has 0 bridgehead atoms. The number of carbonyl (C=O) groups excluding carboxylic acids is 1. The van der Waals surface area contributed by atoms with Crippen LogP contribution >= 0.6 is 0 Å². The number of primary amides is 1. The molecule has 122 valence electrons. The molecule has 0 aromatic heterocycles. The molecular weight excluding hydrogens is 266 g/mol. The lowest BCUT2D eigenvalue weighted by molar-refractivity contribution is -0.124. The normalized spacial score (nSPS) is 34.2. The van der Waals surface area contributed by atoms with Gasteiger partial charge in [-0.1, -0.05) is 13.3 Å². The van der Waals surface area contributed by atoms with Gasteiger partial charge in [0.05, 0.1) is 11.6 Å². The molecular formula is C16H31N3O2. The number of nitrogens with two attached hydrogens (primary N) is 2. The number of piperidine rings is 1. The summed E-state index contributed by atoms with van der Waals surface area (Å²) in [6.07, 6.45) is 7.59. The van der Waals surface area contributed by atoms with Gasteiger partial charge in [-0.2, -0.15) is 0 Å². The first-order valence-electron chi connectivity index (χ1n) is 8.49. The third-order valence-electron chi connectivity index (χ3n) is 5.14. The molecule has 0 radical (unpaired) electrons. The quantitative estimate of drug-likeness (QED) is 0.741. The van der Waals surface area contributed by atoms with E-state index in [0.717, 1.165) is 58.3 Å². The number of likely N-dealkylation sites (tertiary alicyclic amines) is 1. The lowest BCUT2D eigenvalue weighted by Crippen LogP contribution is -2.55. The van der Waals surface area contributed by atoms with E-state index in [4.69, 9.17) is 16.2 Å². The van der Waals surface area contributed by atoms with Gasteiger partial charge < -0.3 is 21.1 Å². The molecule has 5 nitrogen and oxygen atoms in total. The Morgan fingerprint density at radius 2 is 2.19 bits per heavy atom. The van der Waals surface area contributed by atoms with E-state index in [0.29, 0.717) is 6.10 Å². The summed E-state index contributed by atoms with van der Waals surface area (Å²) in [7, 11) is 0. The summed E-state index contributed by atoms with van der Waals surface area (Å²) < 4.78 is 5.87. The molecule has 2 fully saturated rings. The maximum Gasteiger partial charge on any atom is 0.237 e. The molecule has 2 rings (SSSR count). The standard InChI is InChI=1S/C16H31N3O2/c1-2-11-21-14-6-4-9-19(12-14)10-7-13-5-3-8-16(13,18)15(17)20/h13-14H,2-12,18H2,1H3,(H2,17,20). The Morgan fingerprint density at radius 1 is 1.38 bits per heavy atom. The Labute approximate surface area is 128 Å². The van der Waals surface area contributed by atoms with Gasteiger partial charge >= 0.3 is 0 Å². The molecule has 2 aliphatic rings. The average Bonchev–Trinajstić information content (AvgIpc) is 2.86. The van der Waals surface area contributed by atoms with Crippen LogP contribution in [0.4, 0.5) is 0 Å². The van der Waals surface area contributed by atoms with E-state index >= 15 is 0 Å². The van der Waals surface area contributed by atoms with Crippen LogP contribution in [-0.4, -0.2) is 48.7 Å². The van der Waals surface area contributed by atoms with Crippen molar-refractivity contribution in [2.45, 2.75) is 63.5 Å². The molecule has 1 heterocycles. The van der Waals surface area contributed by atoms with Crippen molar-refractivity contribution in [3.8, 4) is 0 Å². The maximum absolute atomic E-state index is 11.6. The van der Waals surface area contributed by atoms with E-state index in [-0.39, 0.29) is 11.8 Å². The first-order valence-corrected chi connectivity index (χ1v) is 8.49. The molecule has 3 atom stereocenters. The number of carbonyl (C=O) groups is 1. The molecule has 1 saturated heterocycles. The predicted octanol–water partition coefficient (Wildman–Crippen LogP) is 1.25. The number of hydrogen-bond acceptors (Lipinski definition) is 4. The molecule has 21 heavy (non-hydrogen) atoms. The fourth-order valence-corrected chi connectivity index (χ4v) is 3.80. The van der Waals surface area contributed by atoms with Crippen LogP contribution in [-0.2, 0) is 9.53 Å². The first-order chi connectivity index (χ1) is 10.1. The van der Waals surface area contributed by atoms with Gasteiger partial charge in [-0.25, -0.2) is 0 Å². The first kappa shape index (κ1) is 16.7. The van der Waals surface area contributed by atoms with Gasteiger partial charge in [0, 0.05) is 13.2 Å². The monoisotopic (exact) mass is 297 g/mol. The number of rotatable bonds is 7. The molecule has 1 amide bonds. The number of amides is 1. The molecule has 5 heteroatoms. The molecule has 0 spiro atoms. The van der Waals surface area contributed by atoms with Crippen molar-refractivity contribution in [3.05, 3.63) is 0 Å². The summed E-state index contributed by atoms with van der Waals surface area (Å²) in [6, 6.07) is 0. The van der Waals surface area contributed by atoms with Crippen molar-refractivity contribution in [2.24, 2.45) is 17.4 Å². The minimum atomic E-state index is -0.770. The van der Waals surface area contributed by atoms with E-state index < -0.39 is 5.54 Å². The van der Waals surface area contributed by atoms with Crippen LogP contribution in [0.15, 0.2) is 0 Å². The van der Waals surface area contributed by atoms with E-state index in [1.807, 2.05) is 0 Å². The van der Waals surface area contributed by atoms with Crippen molar-refractivity contribution in [2.75, 3.05) is 26.2 Å². The number of nitrogens with zero attached hydrogens (tertiary/aromatic N) is 1. The van der Waals surface area contributed by atoms with E-state index in [9.17, 15) is 4.79 Å². The average molecular weight is 297 g/mol. The van der Waals surface area contributed by atoms with Crippen LogP contribution in [0.25, 0.3) is 0 Å². The number of ether oxygens (including phenoxy) is 1. The van der Waals surface area contributed by atoms with Crippen LogP contribution in [0.2, 0.25) is 0 Å². The highest BCUT2D eigenvalue weighted by Crippen LogP contribution is 2.36. The zero-order valence-corrected chi connectivity index (χ0v) is 13.4. The van der Waals surface area contributed by atoms with Gasteiger partial charge in [-0.3, -0.25) is 4.79 Å². The molecule has 1 saturated carbocycles. The van der Waals surface area contributed by atoms with Crippen molar-refractivity contribution >= 4 is 5.91 Å². The van der Waals surface area contributed by atoms with Crippen LogP contribution in [0.3, 0.4) is 0 Å². The van der Waals surface area contributed by atoms with Crippen molar-refractivity contribution in [1.82, 2.24) is 4.90 Å². The van der Waals surface area contributed by atoms with Crippen molar-refractivity contribution in [3.63, 3.8) is 0 Å². The van der Waals surface area contributed by atoms with E-state index in [2.05, 4.69) is 11.8 Å².